The fraction of sp³-hybridized carbons (Fsp3) is 0.167. The predicted molar refractivity (Wildman–Crippen MR) is 70.0 cm³/mol. The van der Waals surface area contributed by atoms with E-state index in [1.807, 2.05) is 12.1 Å². The standard InChI is InChI=1S/C12H11N5O2/c13-4-5-19-9-3-1-2-7-10(9)16-11-8(15-7)6-14-12(18)17-11/h1-3,6H,4-5,13H2,(H,14,16,17,18). The Bertz CT molecular complexity index is 799. The van der Waals surface area contributed by atoms with E-state index in [-0.39, 0.29) is 0 Å². The van der Waals surface area contributed by atoms with Gasteiger partial charge in [-0.15, -0.1) is 0 Å². The topological polar surface area (TPSA) is 107 Å². The van der Waals surface area contributed by atoms with Gasteiger partial charge in [-0.2, -0.15) is 4.98 Å². The van der Waals surface area contributed by atoms with Crippen LogP contribution < -0.4 is 16.2 Å². The van der Waals surface area contributed by atoms with Crippen molar-refractivity contribution in [1.29, 1.82) is 0 Å². The van der Waals surface area contributed by atoms with Crippen molar-refractivity contribution < 1.29 is 4.74 Å². The lowest BCUT2D eigenvalue weighted by Crippen LogP contribution is -2.12. The Morgan fingerprint density at radius 2 is 2.16 bits per heavy atom. The first-order valence-electron chi connectivity index (χ1n) is 5.76. The molecule has 7 heteroatoms. The molecule has 0 spiro atoms. The molecule has 0 saturated heterocycles. The minimum atomic E-state index is -0.457. The zero-order valence-corrected chi connectivity index (χ0v) is 9.96. The van der Waals surface area contributed by atoms with Crippen LogP contribution in [0.5, 0.6) is 5.75 Å². The summed E-state index contributed by atoms with van der Waals surface area (Å²) in [4.78, 5) is 26.1. The molecule has 0 saturated carbocycles. The fourth-order valence-corrected chi connectivity index (χ4v) is 1.79. The van der Waals surface area contributed by atoms with Gasteiger partial charge in [-0.05, 0) is 12.1 Å². The molecule has 0 aliphatic heterocycles. The smallest absolute Gasteiger partial charge is 0.346 e. The molecule has 19 heavy (non-hydrogen) atoms. The summed E-state index contributed by atoms with van der Waals surface area (Å²) >= 11 is 0. The third kappa shape index (κ3) is 2.11. The van der Waals surface area contributed by atoms with E-state index in [0.29, 0.717) is 41.1 Å². The second-order valence-electron chi connectivity index (χ2n) is 3.91. The van der Waals surface area contributed by atoms with Crippen molar-refractivity contribution in [3.05, 3.63) is 34.9 Å². The Hall–Kier alpha value is -2.54. The summed E-state index contributed by atoms with van der Waals surface area (Å²) in [5.74, 6) is 0.593. The highest BCUT2D eigenvalue weighted by atomic mass is 16.5. The van der Waals surface area contributed by atoms with Crippen molar-refractivity contribution in [3.8, 4) is 5.75 Å². The molecule has 0 radical (unpaired) electrons. The molecule has 1 aromatic carbocycles. The van der Waals surface area contributed by atoms with Crippen LogP contribution in [0.1, 0.15) is 0 Å². The summed E-state index contributed by atoms with van der Waals surface area (Å²) in [6, 6.07) is 5.44. The summed E-state index contributed by atoms with van der Waals surface area (Å²) in [6.45, 7) is 0.809. The molecule has 96 valence electrons. The lowest BCUT2D eigenvalue weighted by atomic mass is 10.2. The maximum absolute atomic E-state index is 11.2. The van der Waals surface area contributed by atoms with E-state index >= 15 is 0 Å². The number of para-hydroxylation sites is 1. The van der Waals surface area contributed by atoms with Crippen LogP contribution in [0.15, 0.2) is 29.2 Å². The van der Waals surface area contributed by atoms with Gasteiger partial charge in [0.05, 0.1) is 11.7 Å². The average Bonchev–Trinajstić information content (AvgIpc) is 2.43. The Morgan fingerprint density at radius 1 is 1.26 bits per heavy atom. The molecule has 2 aromatic heterocycles. The molecule has 0 aliphatic carbocycles. The molecule has 0 atom stereocenters. The van der Waals surface area contributed by atoms with Crippen LogP contribution >= 0.6 is 0 Å². The molecular formula is C12H11N5O2. The lowest BCUT2D eigenvalue weighted by molar-refractivity contribution is 0.331. The van der Waals surface area contributed by atoms with Gasteiger partial charge in [-0.3, -0.25) is 4.98 Å². The van der Waals surface area contributed by atoms with Crippen LogP contribution in [0.25, 0.3) is 22.2 Å². The quantitative estimate of drug-likeness (QED) is 0.649. The van der Waals surface area contributed by atoms with Crippen LogP contribution in [0.4, 0.5) is 0 Å². The van der Waals surface area contributed by atoms with Crippen molar-refractivity contribution >= 4 is 22.2 Å². The number of benzene rings is 1. The van der Waals surface area contributed by atoms with Crippen LogP contribution in [-0.4, -0.2) is 33.1 Å². The normalized spacial score (nSPS) is 11.0. The number of aromatic nitrogens is 4. The molecule has 0 amide bonds. The third-order valence-corrected chi connectivity index (χ3v) is 2.59. The number of H-pyrrole nitrogens is 1. The first kappa shape index (κ1) is 11.5. The van der Waals surface area contributed by atoms with Gasteiger partial charge in [0.25, 0.3) is 0 Å². The molecule has 3 N–H and O–H groups in total. The molecular weight excluding hydrogens is 246 g/mol. The Morgan fingerprint density at radius 3 is 3.00 bits per heavy atom. The van der Waals surface area contributed by atoms with Crippen molar-refractivity contribution in [2.75, 3.05) is 13.2 Å². The number of nitrogens with two attached hydrogens (primary N) is 1. The molecule has 7 nitrogen and oxygen atoms in total. The van der Waals surface area contributed by atoms with Gasteiger partial charge < -0.3 is 10.5 Å². The number of nitrogens with one attached hydrogen (secondary N) is 1. The van der Waals surface area contributed by atoms with Crippen LogP contribution in [-0.2, 0) is 0 Å². The van der Waals surface area contributed by atoms with Crippen LogP contribution in [0.2, 0.25) is 0 Å². The predicted octanol–water partition coefficient (Wildman–Crippen LogP) is 0.204. The number of aromatic amines is 1. The van der Waals surface area contributed by atoms with Crippen molar-refractivity contribution in [2.45, 2.75) is 0 Å². The molecule has 3 rings (SSSR count). The van der Waals surface area contributed by atoms with E-state index in [0.717, 1.165) is 0 Å². The molecule has 0 unspecified atom stereocenters. The summed E-state index contributed by atoms with van der Waals surface area (Å²) < 4.78 is 5.51. The number of fused-ring (bicyclic) bond motifs is 2. The van der Waals surface area contributed by atoms with Gasteiger partial charge in [0.15, 0.2) is 5.65 Å². The summed E-state index contributed by atoms with van der Waals surface area (Å²) in [6.07, 6.45) is 1.40. The SMILES string of the molecule is NCCOc1cccc2nc3cnc(=O)[nH]c3nc12. The first-order chi connectivity index (χ1) is 9.28. The van der Waals surface area contributed by atoms with E-state index in [9.17, 15) is 4.79 Å². The zero-order valence-electron chi connectivity index (χ0n) is 9.96. The summed E-state index contributed by atoms with van der Waals surface area (Å²) in [5, 5.41) is 0. The maximum Gasteiger partial charge on any atom is 0.346 e. The Labute approximate surface area is 107 Å². The maximum atomic E-state index is 11.2. The zero-order chi connectivity index (χ0) is 13.2. The van der Waals surface area contributed by atoms with Crippen LogP contribution in [0, 0.1) is 0 Å². The van der Waals surface area contributed by atoms with Crippen molar-refractivity contribution in [1.82, 2.24) is 19.9 Å². The minimum Gasteiger partial charge on any atom is -0.490 e. The average molecular weight is 257 g/mol. The number of nitrogens with zero attached hydrogens (tertiary/aromatic N) is 3. The molecule has 0 fully saturated rings. The van der Waals surface area contributed by atoms with Gasteiger partial charge in [-0.25, -0.2) is 14.8 Å². The highest BCUT2D eigenvalue weighted by Crippen LogP contribution is 2.23. The summed E-state index contributed by atoms with van der Waals surface area (Å²) in [7, 11) is 0. The number of hydrogen-bond donors (Lipinski definition) is 2. The van der Waals surface area contributed by atoms with E-state index in [4.69, 9.17) is 10.5 Å². The lowest BCUT2D eigenvalue weighted by Gasteiger charge is -2.07. The molecule has 2 heterocycles. The van der Waals surface area contributed by atoms with Gasteiger partial charge in [0.2, 0.25) is 0 Å². The first-order valence-corrected chi connectivity index (χ1v) is 5.76. The van der Waals surface area contributed by atoms with Gasteiger partial charge in [0.1, 0.15) is 23.4 Å². The van der Waals surface area contributed by atoms with E-state index < -0.39 is 5.69 Å². The monoisotopic (exact) mass is 257 g/mol. The Balaban J connectivity index is 2.26. The highest BCUT2D eigenvalue weighted by Gasteiger charge is 2.07. The minimum absolute atomic E-state index is 0.385. The van der Waals surface area contributed by atoms with Crippen molar-refractivity contribution in [2.24, 2.45) is 5.73 Å². The van der Waals surface area contributed by atoms with Crippen molar-refractivity contribution in [3.63, 3.8) is 0 Å². The van der Waals surface area contributed by atoms with Gasteiger partial charge in [-0.1, -0.05) is 6.07 Å². The van der Waals surface area contributed by atoms with E-state index in [1.165, 1.54) is 6.20 Å². The van der Waals surface area contributed by atoms with Gasteiger partial charge >= 0.3 is 5.69 Å². The van der Waals surface area contributed by atoms with Crippen LogP contribution in [0.3, 0.4) is 0 Å². The summed E-state index contributed by atoms with van der Waals surface area (Å²) in [5.41, 5.74) is 7.14. The van der Waals surface area contributed by atoms with Gasteiger partial charge in [0, 0.05) is 6.54 Å². The molecule has 3 aromatic rings. The molecule has 0 aliphatic rings. The second-order valence-corrected chi connectivity index (χ2v) is 3.91. The highest BCUT2D eigenvalue weighted by molar-refractivity contribution is 5.87. The molecule has 0 bridgehead atoms. The number of rotatable bonds is 3. The largest absolute Gasteiger partial charge is 0.490 e. The Kier molecular flexibility index (Phi) is 2.81. The van der Waals surface area contributed by atoms with E-state index in [2.05, 4.69) is 19.9 Å². The fourth-order valence-electron chi connectivity index (χ4n) is 1.79. The third-order valence-electron chi connectivity index (χ3n) is 2.59. The number of hydrogen-bond acceptors (Lipinski definition) is 6. The second kappa shape index (κ2) is 4.62. The number of ether oxygens (including phenoxy) is 1. The van der Waals surface area contributed by atoms with E-state index in [1.54, 1.807) is 6.07 Å².